The summed E-state index contributed by atoms with van der Waals surface area (Å²) in [5, 5.41) is 1.11. The minimum atomic E-state index is -0.498. The van der Waals surface area contributed by atoms with Gasteiger partial charge in [-0.3, -0.25) is 15.0 Å². The molecule has 0 atom stereocenters. The topological polar surface area (TPSA) is 52.7 Å². The molecule has 0 radical (unpaired) electrons. The molecule has 1 N–H and O–H groups in total. The smallest absolute Gasteiger partial charge is 0.282 e. The first kappa shape index (κ1) is 17.2. The van der Waals surface area contributed by atoms with E-state index in [0.29, 0.717) is 5.69 Å². The Kier molecular flexibility index (Phi) is 4.59. The molecule has 0 bridgehead atoms. The van der Waals surface area contributed by atoms with Gasteiger partial charge in [0.15, 0.2) is 0 Å². The zero-order valence-electron chi connectivity index (χ0n) is 13.6. The van der Waals surface area contributed by atoms with Crippen molar-refractivity contribution in [3.8, 4) is 0 Å². The lowest BCUT2D eigenvalue weighted by molar-refractivity contribution is -0.117. The summed E-state index contributed by atoms with van der Waals surface area (Å²) in [7, 11) is 3.85. The number of halogens is 2. The zero-order valence-corrected chi connectivity index (χ0v) is 15.2. The molecule has 128 valence electrons. The van der Waals surface area contributed by atoms with Crippen LogP contribution in [0.25, 0.3) is 6.08 Å². The molecule has 0 unspecified atom stereocenters. The second-order valence-electron chi connectivity index (χ2n) is 5.72. The lowest BCUT2D eigenvalue weighted by Gasteiger charge is -2.15. The summed E-state index contributed by atoms with van der Waals surface area (Å²) < 4.78 is 13.9. The summed E-state index contributed by atoms with van der Waals surface area (Å²) in [6.45, 7) is 0. The fourth-order valence-electron chi connectivity index (χ4n) is 2.47. The van der Waals surface area contributed by atoms with E-state index in [4.69, 9.17) is 0 Å². The number of carbonyl (C=O) groups excluding carboxylic acids is 2. The minimum absolute atomic E-state index is 0.0221. The Bertz CT molecular complexity index is 878. The molecule has 1 aliphatic rings. The van der Waals surface area contributed by atoms with Crippen LogP contribution in [0.4, 0.5) is 15.8 Å². The largest absolute Gasteiger partial charge is 0.377 e. The molecular weight excluding hydrogens is 389 g/mol. The Hall–Kier alpha value is -2.67. The van der Waals surface area contributed by atoms with Gasteiger partial charge >= 0.3 is 0 Å². The first-order chi connectivity index (χ1) is 11.9. The van der Waals surface area contributed by atoms with Crippen LogP contribution in [0, 0.1) is 5.82 Å². The van der Waals surface area contributed by atoms with Crippen LogP contribution in [0.5, 0.6) is 0 Å². The zero-order chi connectivity index (χ0) is 18.1. The average molecular weight is 404 g/mol. The molecule has 2 aromatic rings. The predicted molar refractivity (Wildman–Crippen MR) is 98.5 cm³/mol. The highest BCUT2D eigenvalue weighted by atomic mass is 79.9. The Balaban J connectivity index is 1.91. The molecule has 0 aromatic heterocycles. The van der Waals surface area contributed by atoms with Gasteiger partial charge in [-0.1, -0.05) is 6.07 Å². The summed E-state index contributed by atoms with van der Waals surface area (Å²) in [5.74, 6) is -1.39. The fraction of sp³-hybridized carbons (Fsp3) is 0.111. The molecule has 25 heavy (non-hydrogen) atoms. The number of hydrazine groups is 1. The van der Waals surface area contributed by atoms with Gasteiger partial charge in [0.05, 0.1) is 11.4 Å². The van der Waals surface area contributed by atoms with Crippen molar-refractivity contribution in [2.24, 2.45) is 0 Å². The van der Waals surface area contributed by atoms with E-state index in [0.717, 1.165) is 20.7 Å². The fourth-order valence-corrected chi connectivity index (χ4v) is 3.22. The second-order valence-corrected chi connectivity index (χ2v) is 6.58. The van der Waals surface area contributed by atoms with Gasteiger partial charge < -0.3 is 4.90 Å². The van der Waals surface area contributed by atoms with Gasteiger partial charge in [-0.15, -0.1) is 0 Å². The minimum Gasteiger partial charge on any atom is -0.377 e. The van der Waals surface area contributed by atoms with Gasteiger partial charge in [-0.2, -0.15) is 0 Å². The highest BCUT2D eigenvalue weighted by molar-refractivity contribution is 9.10. The van der Waals surface area contributed by atoms with Crippen molar-refractivity contribution in [3.63, 3.8) is 0 Å². The SMILES string of the molecule is CN(C)c1ccc(C=C2C(=O)NN(c3ccc(F)cc3)C2=O)cc1Br. The first-order valence-corrected chi connectivity index (χ1v) is 8.25. The maximum Gasteiger partial charge on any atom is 0.282 e. The van der Waals surface area contributed by atoms with Crippen LogP contribution in [-0.4, -0.2) is 25.9 Å². The number of benzene rings is 2. The number of anilines is 2. The Morgan fingerprint density at radius 2 is 1.80 bits per heavy atom. The summed E-state index contributed by atoms with van der Waals surface area (Å²) in [4.78, 5) is 26.6. The standard InChI is InChI=1S/C18H15BrFN3O2/c1-22(2)16-8-3-11(10-15(16)19)9-14-17(24)21-23(18(14)25)13-6-4-12(20)5-7-13/h3-10H,1-2H3,(H,21,24). The number of hydrogen-bond acceptors (Lipinski definition) is 3. The Morgan fingerprint density at radius 1 is 1.12 bits per heavy atom. The van der Waals surface area contributed by atoms with E-state index in [-0.39, 0.29) is 5.57 Å². The molecule has 1 saturated heterocycles. The highest BCUT2D eigenvalue weighted by Gasteiger charge is 2.34. The lowest BCUT2D eigenvalue weighted by atomic mass is 10.1. The van der Waals surface area contributed by atoms with Crippen LogP contribution >= 0.6 is 15.9 Å². The summed E-state index contributed by atoms with van der Waals surface area (Å²) in [6, 6.07) is 10.9. The van der Waals surface area contributed by atoms with Crippen molar-refractivity contribution >= 4 is 45.2 Å². The van der Waals surface area contributed by atoms with Gasteiger partial charge in [-0.05, 0) is 64.0 Å². The summed E-state index contributed by atoms with van der Waals surface area (Å²) in [6.07, 6.45) is 1.53. The molecule has 7 heteroatoms. The normalized spacial score (nSPS) is 15.7. The molecule has 1 aliphatic heterocycles. The molecule has 3 rings (SSSR count). The maximum atomic E-state index is 13.0. The predicted octanol–water partition coefficient (Wildman–Crippen LogP) is 3.12. The van der Waals surface area contributed by atoms with Crippen LogP contribution in [-0.2, 0) is 9.59 Å². The maximum absolute atomic E-state index is 13.0. The monoisotopic (exact) mass is 403 g/mol. The summed E-state index contributed by atoms with van der Waals surface area (Å²) >= 11 is 3.48. The third-order valence-electron chi connectivity index (χ3n) is 3.74. The number of carbonyl (C=O) groups is 2. The van der Waals surface area contributed by atoms with E-state index in [9.17, 15) is 14.0 Å². The number of hydrogen-bond donors (Lipinski definition) is 1. The molecule has 0 spiro atoms. The lowest BCUT2D eigenvalue weighted by Crippen LogP contribution is -2.35. The van der Waals surface area contributed by atoms with Crippen LogP contribution in [0.2, 0.25) is 0 Å². The molecule has 0 saturated carbocycles. The molecule has 1 heterocycles. The third kappa shape index (κ3) is 3.41. The van der Waals surface area contributed by atoms with E-state index in [1.807, 2.05) is 37.2 Å². The second kappa shape index (κ2) is 6.68. The van der Waals surface area contributed by atoms with Crippen molar-refractivity contribution < 1.29 is 14.0 Å². The molecule has 2 amide bonds. The average Bonchev–Trinajstić information content (AvgIpc) is 2.83. The molecular formula is C18H15BrFN3O2. The van der Waals surface area contributed by atoms with Crippen LogP contribution in [0.3, 0.4) is 0 Å². The van der Waals surface area contributed by atoms with Crippen LogP contribution in [0.15, 0.2) is 52.5 Å². The molecule has 1 fully saturated rings. The van der Waals surface area contributed by atoms with Crippen molar-refractivity contribution in [3.05, 3.63) is 63.9 Å². The van der Waals surface area contributed by atoms with Gasteiger partial charge in [0.1, 0.15) is 11.4 Å². The number of nitrogens with one attached hydrogen (secondary N) is 1. The van der Waals surface area contributed by atoms with Gasteiger partial charge in [-0.25, -0.2) is 9.40 Å². The van der Waals surface area contributed by atoms with Crippen molar-refractivity contribution in [1.82, 2.24) is 5.43 Å². The van der Waals surface area contributed by atoms with Crippen LogP contribution < -0.4 is 15.3 Å². The van der Waals surface area contributed by atoms with Crippen molar-refractivity contribution in [2.45, 2.75) is 0 Å². The van der Waals surface area contributed by atoms with E-state index >= 15 is 0 Å². The highest BCUT2D eigenvalue weighted by Crippen LogP contribution is 2.28. The van der Waals surface area contributed by atoms with Gasteiger partial charge in [0.2, 0.25) is 0 Å². The Labute approximate surface area is 152 Å². The summed E-state index contributed by atoms with van der Waals surface area (Å²) in [5.41, 5.74) is 4.61. The molecule has 0 aliphatic carbocycles. The van der Waals surface area contributed by atoms with Crippen molar-refractivity contribution in [2.75, 3.05) is 24.0 Å². The third-order valence-corrected chi connectivity index (χ3v) is 4.38. The van der Waals surface area contributed by atoms with E-state index in [1.54, 1.807) is 0 Å². The quantitative estimate of drug-likeness (QED) is 0.632. The molecule has 2 aromatic carbocycles. The first-order valence-electron chi connectivity index (χ1n) is 7.46. The van der Waals surface area contributed by atoms with E-state index in [2.05, 4.69) is 21.4 Å². The van der Waals surface area contributed by atoms with Gasteiger partial charge in [0, 0.05) is 18.6 Å². The van der Waals surface area contributed by atoms with Crippen molar-refractivity contribution in [1.29, 1.82) is 0 Å². The molecule has 5 nitrogen and oxygen atoms in total. The van der Waals surface area contributed by atoms with E-state index < -0.39 is 17.6 Å². The number of rotatable bonds is 3. The van der Waals surface area contributed by atoms with E-state index in [1.165, 1.54) is 30.3 Å². The number of nitrogens with zero attached hydrogens (tertiary/aromatic N) is 2. The van der Waals surface area contributed by atoms with Crippen LogP contribution in [0.1, 0.15) is 5.56 Å². The van der Waals surface area contributed by atoms with Gasteiger partial charge in [0.25, 0.3) is 11.8 Å². The number of amides is 2. The Morgan fingerprint density at radius 3 is 2.40 bits per heavy atom.